The molecule has 1 amide bonds. The second-order valence-corrected chi connectivity index (χ2v) is 7.20. The van der Waals surface area contributed by atoms with Crippen molar-refractivity contribution >= 4 is 22.8 Å². The lowest BCUT2D eigenvalue weighted by Crippen LogP contribution is -2.42. The summed E-state index contributed by atoms with van der Waals surface area (Å²) in [6, 6.07) is 4.93. The maximum atomic E-state index is 12.3. The smallest absolute Gasteiger partial charge is 0.326 e. The predicted molar refractivity (Wildman–Crippen MR) is 96.6 cm³/mol. The van der Waals surface area contributed by atoms with Crippen LogP contribution < -0.4 is 5.32 Å². The zero-order valence-corrected chi connectivity index (χ0v) is 15.2. The topological polar surface area (TPSA) is 91.4 Å². The largest absolute Gasteiger partial charge is 0.480 e. The average molecular weight is 346 g/mol. The minimum atomic E-state index is -1.05. The first-order valence-corrected chi connectivity index (χ1v) is 8.39. The highest BCUT2D eigenvalue weighted by Crippen LogP contribution is 2.22. The van der Waals surface area contributed by atoms with Crippen LogP contribution in [0, 0.1) is 6.92 Å². The molecule has 1 aromatic carbocycles. The van der Waals surface area contributed by atoms with Gasteiger partial charge in [0.25, 0.3) is 0 Å². The van der Waals surface area contributed by atoms with Gasteiger partial charge in [0.1, 0.15) is 6.04 Å². The summed E-state index contributed by atoms with van der Waals surface area (Å²) in [6.07, 6.45) is 2.16. The number of carbonyl (C=O) groups is 2. The molecular formula is C19H26N2O4. The van der Waals surface area contributed by atoms with Gasteiger partial charge in [-0.15, -0.1) is 0 Å². The van der Waals surface area contributed by atoms with E-state index in [2.05, 4.69) is 10.3 Å². The van der Waals surface area contributed by atoms with Crippen molar-refractivity contribution in [2.75, 3.05) is 6.61 Å². The number of aromatic amines is 1. The molecule has 0 fully saturated rings. The Morgan fingerprint density at radius 3 is 2.68 bits per heavy atom. The molecule has 6 nitrogen and oxygen atoms in total. The first-order chi connectivity index (χ1) is 11.7. The number of rotatable bonds is 7. The highest BCUT2D eigenvalue weighted by atomic mass is 16.5. The molecule has 25 heavy (non-hydrogen) atoms. The molecule has 1 heterocycles. The van der Waals surface area contributed by atoms with E-state index in [9.17, 15) is 14.7 Å². The van der Waals surface area contributed by atoms with E-state index < -0.39 is 12.0 Å². The van der Waals surface area contributed by atoms with Crippen LogP contribution in [0.25, 0.3) is 10.9 Å². The van der Waals surface area contributed by atoms with Gasteiger partial charge in [0.2, 0.25) is 5.91 Å². The lowest BCUT2D eigenvalue weighted by molar-refractivity contribution is -0.142. The Labute approximate surface area is 147 Å². The molecule has 136 valence electrons. The van der Waals surface area contributed by atoms with E-state index in [0.717, 1.165) is 22.0 Å². The average Bonchev–Trinajstić information content (AvgIpc) is 2.89. The van der Waals surface area contributed by atoms with Crippen LogP contribution in [0.2, 0.25) is 0 Å². The van der Waals surface area contributed by atoms with E-state index in [1.807, 2.05) is 45.9 Å². The van der Waals surface area contributed by atoms with Crippen molar-refractivity contribution in [2.45, 2.75) is 52.2 Å². The molecule has 3 N–H and O–H groups in total. The molecule has 2 rings (SSSR count). The summed E-state index contributed by atoms with van der Waals surface area (Å²) in [5.74, 6) is -1.37. The van der Waals surface area contributed by atoms with E-state index in [0.29, 0.717) is 0 Å². The number of hydrogen-bond acceptors (Lipinski definition) is 3. The minimum Gasteiger partial charge on any atom is -0.480 e. The van der Waals surface area contributed by atoms with Gasteiger partial charge in [-0.2, -0.15) is 0 Å². The molecule has 2 aromatic rings. The summed E-state index contributed by atoms with van der Waals surface area (Å²) in [6.45, 7) is 7.97. The number of carbonyl (C=O) groups excluding carboxylic acids is 1. The van der Waals surface area contributed by atoms with Crippen molar-refractivity contribution in [2.24, 2.45) is 0 Å². The lowest BCUT2D eigenvalue weighted by Gasteiger charge is -2.21. The van der Waals surface area contributed by atoms with Gasteiger partial charge in [0, 0.05) is 30.1 Å². The van der Waals surface area contributed by atoms with Crippen LogP contribution in [0.3, 0.4) is 0 Å². The molecule has 0 spiro atoms. The molecule has 1 aromatic heterocycles. The van der Waals surface area contributed by atoms with Crippen LogP contribution in [-0.2, 0) is 20.7 Å². The Bertz CT molecular complexity index is 758. The first-order valence-electron chi connectivity index (χ1n) is 8.39. The molecule has 1 atom stereocenters. The standard InChI is InChI=1S/C19H26N2O4/c1-12-6-5-7-14-17(12)13(11-20-14)10-16(22)21-15(18(23)24)8-9-25-19(2,3)4/h5-7,11,15,20H,8-10H2,1-4H3,(H,21,22)(H,23,24). The molecule has 0 bridgehead atoms. The van der Waals surface area contributed by atoms with Crippen molar-refractivity contribution in [1.82, 2.24) is 10.3 Å². The summed E-state index contributed by atoms with van der Waals surface area (Å²) in [7, 11) is 0. The maximum Gasteiger partial charge on any atom is 0.326 e. The van der Waals surface area contributed by atoms with E-state index in [1.165, 1.54) is 0 Å². The Morgan fingerprint density at radius 1 is 1.32 bits per heavy atom. The van der Waals surface area contributed by atoms with Crippen molar-refractivity contribution in [1.29, 1.82) is 0 Å². The maximum absolute atomic E-state index is 12.3. The number of benzene rings is 1. The Balaban J connectivity index is 2.00. The Morgan fingerprint density at radius 2 is 2.04 bits per heavy atom. The van der Waals surface area contributed by atoms with Gasteiger partial charge in [0.15, 0.2) is 0 Å². The highest BCUT2D eigenvalue weighted by molar-refractivity contribution is 5.92. The zero-order valence-electron chi connectivity index (χ0n) is 15.2. The molecule has 0 saturated heterocycles. The van der Waals surface area contributed by atoms with Crippen LogP contribution in [0.4, 0.5) is 0 Å². The number of H-pyrrole nitrogens is 1. The monoisotopic (exact) mass is 346 g/mol. The quantitative estimate of drug-likeness (QED) is 0.719. The fourth-order valence-electron chi connectivity index (χ4n) is 2.75. The number of hydrogen-bond donors (Lipinski definition) is 3. The molecule has 6 heteroatoms. The fraction of sp³-hybridized carbons (Fsp3) is 0.474. The summed E-state index contributed by atoms with van der Waals surface area (Å²) >= 11 is 0. The number of fused-ring (bicyclic) bond motifs is 1. The SMILES string of the molecule is Cc1cccc2[nH]cc(CC(=O)NC(CCOC(C)(C)C)C(=O)O)c12. The number of aromatic nitrogens is 1. The Hall–Kier alpha value is -2.34. The molecule has 1 unspecified atom stereocenters. The molecule has 0 aliphatic rings. The number of amides is 1. The number of aryl methyl sites for hydroxylation is 1. The molecule has 0 aliphatic carbocycles. The first kappa shape index (κ1) is 19.0. The fourth-order valence-corrected chi connectivity index (χ4v) is 2.75. The number of carboxylic acid groups (broad SMARTS) is 1. The highest BCUT2D eigenvalue weighted by Gasteiger charge is 2.22. The van der Waals surface area contributed by atoms with Crippen molar-refractivity contribution in [3.8, 4) is 0 Å². The van der Waals surface area contributed by atoms with Crippen LogP contribution in [0.15, 0.2) is 24.4 Å². The Kier molecular flexibility index (Phi) is 5.85. The van der Waals surface area contributed by atoms with Crippen LogP contribution >= 0.6 is 0 Å². The van der Waals surface area contributed by atoms with Gasteiger partial charge in [0.05, 0.1) is 12.0 Å². The van der Waals surface area contributed by atoms with Crippen molar-refractivity contribution < 1.29 is 19.4 Å². The molecule has 0 radical (unpaired) electrons. The van der Waals surface area contributed by atoms with Crippen molar-refractivity contribution in [3.63, 3.8) is 0 Å². The number of ether oxygens (including phenoxy) is 1. The van der Waals surface area contributed by atoms with Crippen molar-refractivity contribution in [3.05, 3.63) is 35.5 Å². The van der Waals surface area contributed by atoms with Gasteiger partial charge in [-0.3, -0.25) is 4.79 Å². The van der Waals surface area contributed by atoms with Gasteiger partial charge >= 0.3 is 5.97 Å². The third-order valence-electron chi connectivity index (χ3n) is 3.92. The van der Waals surface area contributed by atoms with Gasteiger partial charge in [-0.05, 0) is 44.9 Å². The molecule has 0 aliphatic heterocycles. The van der Waals surface area contributed by atoms with E-state index in [1.54, 1.807) is 6.20 Å². The second-order valence-electron chi connectivity index (χ2n) is 7.20. The van der Waals surface area contributed by atoms with Crippen LogP contribution in [0.5, 0.6) is 0 Å². The normalized spacial score (nSPS) is 13.0. The summed E-state index contributed by atoms with van der Waals surface area (Å²) < 4.78 is 5.55. The summed E-state index contributed by atoms with van der Waals surface area (Å²) in [5, 5.41) is 12.9. The third-order valence-corrected chi connectivity index (χ3v) is 3.92. The number of nitrogens with one attached hydrogen (secondary N) is 2. The van der Waals surface area contributed by atoms with E-state index in [-0.39, 0.29) is 31.0 Å². The minimum absolute atomic E-state index is 0.134. The van der Waals surface area contributed by atoms with Gasteiger partial charge in [-0.25, -0.2) is 4.79 Å². The molecule has 0 saturated carbocycles. The predicted octanol–water partition coefficient (Wildman–Crippen LogP) is 2.79. The van der Waals surface area contributed by atoms with E-state index in [4.69, 9.17) is 4.74 Å². The number of carboxylic acids is 1. The molecular weight excluding hydrogens is 320 g/mol. The lowest BCUT2D eigenvalue weighted by atomic mass is 10.0. The summed E-state index contributed by atoms with van der Waals surface area (Å²) in [4.78, 5) is 26.8. The number of aliphatic carboxylic acids is 1. The van der Waals surface area contributed by atoms with Crippen LogP contribution in [0.1, 0.15) is 38.3 Å². The van der Waals surface area contributed by atoms with Gasteiger partial charge in [-0.1, -0.05) is 12.1 Å². The zero-order chi connectivity index (χ0) is 18.6. The third kappa shape index (κ3) is 5.32. The van der Waals surface area contributed by atoms with Crippen LogP contribution in [-0.4, -0.2) is 40.2 Å². The second kappa shape index (κ2) is 7.70. The summed E-state index contributed by atoms with van der Waals surface area (Å²) in [5.41, 5.74) is 2.57. The van der Waals surface area contributed by atoms with E-state index >= 15 is 0 Å². The van der Waals surface area contributed by atoms with Gasteiger partial charge < -0.3 is 20.1 Å².